The number of aryl methyl sites for hydroxylation is 1. The number of anilines is 1. The van der Waals surface area contributed by atoms with Crippen LogP contribution >= 0.6 is 15.9 Å². The molecule has 2 aromatic rings. The molecule has 0 radical (unpaired) electrons. The summed E-state index contributed by atoms with van der Waals surface area (Å²) in [4.78, 5) is 23.2. The van der Waals surface area contributed by atoms with Crippen LogP contribution < -0.4 is 10.9 Å². The summed E-state index contributed by atoms with van der Waals surface area (Å²) in [5.41, 5.74) is -0.246. The number of carbonyl (C=O) groups is 1. The van der Waals surface area contributed by atoms with Crippen molar-refractivity contribution in [2.75, 3.05) is 5.32 Å². The molecular formula is C11H10BrN3O3. The molecule has 94 valence electrons. The van der Waals surface area contributed by atoms with Crippen LogP contribution in [0.2, 0.25) is 0 Å². The van der Waals surface area contributed by atoms with E-state index in [4.69, 9.17) is 4.52 Å². The van der Waals surface area contributed by atoms with Gasteiger partial charge in [-0.2, -0.15) is 0 Å². The minimum Gasteiger partial charge on any atom is -0.360 e. The van der Waals surface area contributed by atoms with E-state index in [0.29, 0.717) is 11.6 Å². The molecule has 18 heavy (non-hydrogen) atoms. The number of nitrogens with one attached hydrogen (secondary N) is 1. The summed E-state index contributed by atoms with van der Waals surface area (Å²) in [5.74, 6) is 0.592. The van der Waals surface area contributed by atoms with Crippen LogP contribution in [0.3, 0.4) is 0 Å². The first-order valence-corrected chi connectivity index (χ1v) is 5.93. The van der Waals surface area contributed by atoms with Gasteiger partial charge >= 0.3 is 0 Å². The Morgan fingerprint density at radius 1 is 1.56 bits per heavy atom. The van der Waals surface area contributed by atoms with E-state index < -0.39 is 0 Å². The Hall–Kier alpha value is -1.89. The molecule has 0 saturated heterocycles. The van der Waals surface area contributed by atoms with E-state index in [1.165, 1.54) is 10.6 Å². The van der Waals surface area contributed by atoms with Crippen molar-refractivity contribution in [2.45, 2.75) is 13.5 Å². The normalized spacial score (nSPS) is 10.3. The molecule has 0 saturated carbocycles. The van der Waals surface area contributed by atoms with Crippen molar-refractivity contribution in [1.29, 1.82) is 0 Å². The predicted octanol–water partition coefficient (Wildman–Crippen LogP) is 1.55. The molecule has 2 aromatic heterocycles. The van der Waals surface area contributed by atoms with Gasteiger partial charge in [-0.1, -0.05) is 5.16 Å². The van der Waals surface area contributed by atoms with Gasteiger partial charge in [0.1, 0.15) is 12.3 Å². The van der Waals surface area contributed by atoms with Crippen molar-refractivity contribution >= 4 is 27.7 Å². The lowest BCUT2D eigenvalue weighted by molar-refractivity contribution is -0.116. The van der Waals surface area contributed by atoms with Crippen LogP contribution in [0.15, 0.2) is 38.2 Å². The van der Waals surface area contributed by atoms with Gasteiger partial charge in [-0.25, -0.2) is 0 Å². The van der Waals surface area contributed by atoms with Gasteiger partial charge in [-0.3, -0.25) is 9.59 Å². The number of aromatic nitrogens is 2. The number of nitrogens with zero attached hydrogens (tertiary/aromatic N) is 2. The molecule has 1 amide bonds. The Bertz CT molecular complexity index is 632. The minimum absolute atomic E-state index is 0.0792. The van der Waals surface area contributed by atoms with Crippen molar-refractivity contribution in [3.63, 3.8) is 0 Å². The molecule has 2 rings (SSSR count). The highest BCUT2D eigenvalue weighted by molar-refractivity contribution is 9.10. The molecule has 7 heteroatoms. The van der Waals surface area contributed by atoms with Crippen LogP contribution in [0.5, 0.6) is 0 Å². The lowest BCUT2D eigenvalue weighted by Crippen LogP contribution is -2.26. The second-order valence-electron chi connectivity index (χ2n) is 3.68. The third-order valence-corrected chi connectivity index (χ3v) is 2.63. The van der Waals surface area contributed by atoms with Crippen molar-refractivity contribution in [3.05, 3.63) is 45.0 Å². The van der Waals surface area contributed by atoms with Gasteiger partial charge < -0.3 is 14.4 Å². The number of carbonyl (C=O) groups excluding carboxylic acids is 1. The van der Waals surface area contributed by atoms with Gasteiger partial charge in [0, 0.05) is 22.8 Å². The lowest BCUT2D eigenvalue weighted by atomic mass is 10.4. The molecule has 0 atom stereocenters. The van der Waals surface area contributed by atoms with Crippen LogP contribution in [0.1, 0.15) is 5.76 Å². The molecule has 0 aromatic carbocycles. The smallest absolute Gasteiger partial charge is 0.251 e. The molecule has 0 bridgehead atoms. The zero-order chi connectivity index (χ0) is 13.1. The Kier molecular flexibility index (Phi) is 3.61. The molecule has 6 nitrogen and oxygen atoms in total. The van der Waals surface area contributed by atoms with Crippen molar-refractivity contribution < 1.29 is 9.32 Å². The fourth-order valence-corrected chi connectivity index (χ4v) is 1.77. The summed E-state index contributed by atoms with van der Waals surface area (Å²) in [6.07, 6.45) is 1.55. The maximum atomic E-state index is 11.7. The highest BCUT2D eigenvalue weighted by Gasteiger charge is 2.08. The van der Waals surface area contributed by atoms with Gasteiger partial charge in [0.15, 0.2) is 5.82 Å². The number of amides is 1. The minimum atomic E-state index is -0.344. The number of hydrogen-bond donors (Lipinski definition) is 1. The maximum Gasteiger partial charge on any atom is 0.251 e. The van der Waals surface area contributed by atoms with Gasteiger partial charge in [-0.05, 0) is 28.9 Å². The van der Waals surface area contributed by atoms with Gasteiger partial charge in [0.2, 0.25) is 5.91 Å². The molecule has 2 heterocycles. The fraction of sp³-hybridized carbons (Fsp3) is 0.182. The van der Waals surface area contributed by atoms with Crippen molar-refractivity contribution in [1.82, 2.24) is 9.72 Å². The van der Waals surface area contributed by atoms with Crippen LogP contribution in [0.25, 0.3) is 0 Å². The molecule has 0 unspecified atom stereocenters. The highest BCUT2D eigenvalue weighted by Crippen LogP contribution is 2.07. The van der Waals surface area contributed by atoms with Crippen LogP contribution in [-0.4, -0.2) is 15.6 Å². The largest absolute Gasteiger partial charge is 0.360 e. The zero-order valence-corrected chi connectivity index (χ0v) is 11.1. The predicted molar refractivity (Wildman–Crippen MR) is 68.3 cm³/mol. The quantitative estimate of drug-likeness (QED) is 0.933. The lowest BCUT2D eigenvalue weighted by Gasteiger charge is -2.05. The summed E-state index contributed by atoms with van der Waals surface area (Å²) in [6.45, 7) is 1.64. The van der Waals surface area contributed by atoms with Gasteiger partial charge in [-0.15, -0.1) is 0 Å². The highest BCUT2D eigenvalue weighted by atomic mass is 79.9. The van der Waals surface area contributed by atoms with Crippen molar-refractivity contribution in [2.24, 2.45) is 0 Å². The Labute approximate surface area is 111 Å². The van der Waals surface area contributed by atoms with Crippen LogP contribution in [-0.2, 0) is 11.3 Å². The molecule has 0 aliphatic rings. The summed E-state index contributed by atoms with van der Waals surface area (Å²) < 4.78 is 6.84. The first-order valence-electron chi connectivity index (χ1n) is 5.14. The number of hydrogen-bond acceptors (Lipinski definition) is 4. The van der Waals surface area contributed by atoms with E-state index in [2.05, 4.69) is 26.4 Å². The summed E-state index contributed by atoms with van der Waals surface area (Å²) in [7, 11) is 0. The van der Waals surface area contributed by atoms with Gasteiger partial charge in [0.05, 0.1) is 0 Å². The first-order chi connectivity index (χ1) is 8.54. The Balaban J connectivity index is 2.07. The maximum absolute atomic E-state index is 11.7. The zero-order valence-electron chi connectivity index (χ0n) is 9.51. The Morgan fingerprint density at radius 2 is 2.33 bits per heavy atom. The topological polar surface area (TPSA) is 77.1 Å². The summed E-state index contributed by atoms with van der Waals surface area (Å²) in [6, 6.07) is 4.61. The van der Waals surface area contributed by atoms with E-state index in [9.17, 15) is 9.59 Å². The average Bonchev–Trinajstić information content (AvgIpc) is 2.69. The second kappa shape index (κ2) is 5.18. The van der Waals surface area contributed by atoms with Crippen LogP contribution in [0, 0.1) is 6.92 Å². The summed E-state index contributed by atoms with van der Waals surface area (Å²) >= 11 is 3.24. The van der Waals surface area contributed by atoms with E-state index in [1.807, 2.05) is 0 Å². The van der Waals surface area contributed by atoms with Crippen molar-refractivity contribution in [3.8, 4) is 0 Å². The standard InChI is InChI=1S/C11H10BrN3O3/c1-7-4-9(14-18-7)13-10(16)6-15-5-8(12)2-3-11(15)17/h2-5H,6H2,1H3,(H,13,14,16). The molecule has 0 spiro atoms. The second-order valence-corrected chi connectivity index (χ2v) is 4.60. The first kappa shape index (κ1) is 12.6. The molecule has 1 N–H and O–H groups in total. The monoisotopic (exact) mass is 311 g/mol. The summed E-state index contributed by atoms with van der Waals surface area (Å²) in [5, 5.41) is 6.17. The van der Waals surface area contributed by atoms with E-state index in [-0.39, 0.29) is 18.0 Å². The van der Waals surface area contributed by atoms with E-state index >= 15 is 0 Å². The van der Waals surface area contributed by atoms with E-state index in [0.717, 1.165) is 4.47 Å². The third kappa shape index (κ3) is 3.07. The third-order valence-electron chi connectivity index (χ3n) is 2.16. The molecule has 0 fully saturated rings. The number of pyridine rings is 1. The molecule has 0 aliphatic heterocycles. The van der Waals surface area contributed by atoms with E-state index in [1.54, 1.807) is 25.3 Å². The molecule has 0 aliphatic carbocycles. The molecular weight excluding hydrogens is 302 g/mol. The van der Waals surface area contributed by atoms with Crippen LogP contribution in [0.4, 0.5) is 5.82 Å². The average molecular weight is 312 g/mol. The number of rotatable bonds is 3. The Morgan fingerprint density at radius 3 is 3.00 bits per heavy atom. The SMILES string of the molecule is Cc1cc(NC(=O)Cn2cc(Br)ccc2=O)no1. The number of halogens is 1. The fourth-order valence-electron chi connectivity index (χ4n) is 1.39. The van der Waals surface area contributed by atoms with Gasteiger partial charge in [0.25, 0.3) is 5.56 Å².